The van der Waals surface area contributed by atoms with E-state index in [1.54, 1.807) is 0 Å². The van der Waals surface area contributed by atoms with Crippen molar-refractivity contribution in [2.24, 2.45) is 11.8 Å². The zero-order valence-electron chi connectivity index (χ0n) is 12.0. The molecule has 2 nitrogen and oxygen atoms in total. The largest absolute Gasteiger partial charge is 0.393 e. The van der Waals surface area contributed by atoms with Gasteiger partial charge in [-0.15, -0.1) is 0 Å². The summed E-state index contributed by atoms with van der Waals surface area (Å²) in [5, 5.41) is 10.4. The van der Waals surface area contributed by atoms with E-state index in [1.807, 2.05) is 0 Å². The molecule has 1 fully saturated rings. The van der Waals surface area contributed by atoms with Gasteiger partial charge in [0.05, 0.1) is 6.10 Å². The van der Waals surface area contributed by atoms with Crippen LogP contribution >= 0.6 is 0 Å². The SMILES string of the molecule is CCC1CCCCC1C(O)CCN(CC)CC. The fraction of sp³-hybridized carbons (Fsp3) is 1.00. The average Bonchev–Trinajstić information content (AvgIpc) is 2.39. The van der Waals surface area contributed by atoms with Gasteiger partial charge in [0, 0.05) is 6.54 Å². The van der Waals surface area contributed by atoms with Gasteiger partial charge in [-0.3, -0.25) is 0 Å². The smallest absolute Gasteiger partial charge is 0.0583 e. The van der Waals surface area contributed by atoms with E-state index >= 15 is 0 Å². The minimum absolute atomic E-state index is 0.0687. The average molecular weight is 241 g/mol. The molecule has 0 radical (unpaired) electrons. The highest BCUT2D eigenvalue weighted by molar-refractivity contribution is 4.80. The summed E-state index contributed by atoms with van der Waals surface area (Å²) in [7, 11) is 0. The van der Waals surface area contributed by atoms with Crippen molar-refractivity contribution in [3.05, 3.63) is 0 Å². The third kappa shape index (κ3) is 4.59. The molecule has 0 aromatic rings. The second-order valence-corrected chi connectivity index (χ2v) is 5.50. The van der Waals surface area contributed by atoms with Crippen LogP contribution in [0.3, 0.4) is 0 Å². The molecular weight excluding hydrogens is 210 g/mol. The van der Waals surface area contributed by atoms with Crippen molar-refractivity contribution in [1.82, 2.24) is 4.90 Å². The molecule has 0 aromatic carbocycles. The third-order valence-electron chi connectivity index (χ3n) is 4.62. The van der Waals surface area contributed by atoms with Crippen LogP contribution in [0.25, 0.3) is 0 Å². The molecule has 1 rings (SSSR count). The predicted molar refractivity (Wildman–Crippen MR) is 74.2 cm³/mol. The summed E-state index contributed by atoms with van der Waals surface area (Å²) in [6, 6.07) is 0. The lowest BCUT2D eigenvalue weighted by Gasteiger charge is -2.35. The molecule has 1 N–H and O–H groups in total. The van der Waals surface area contributed by atoms with Crippen molar-refractivity contribution in [3.8, 4) is 0 Å². The van der Waals surface area contributed by atoms with Crippen LogP contribution in [0, 0.1) is 11.8 Å². The monoisotopic (exact) mass is 241 g/mol. The molecule has 2 heteroatoms. The van der Waals surface area contributed by atoms with Crippen LogP contribution in [0.5, 0.6) is 0 Å². The first-order valence-corrected chi connectivity index (χ1v) is 7.63. The Morgan fingerprint density at radius 1 is 1.12 bits per heavy atom. The maximum Gasteiger partial charge on any atom is 0.0583 e. The van der Waals surface area contributed by atoms with Gasteiger partial charge in [0.1, 0.15) is 0 Å². The Labute approximate surface area is 107 Å². The summed E-state index contributed by atoms with van der Waals surface area (Å²) in [6.45, 7) is 9.94. The number of aliphatic hydroxyl groups excluding tert-OH is 1. The summed E-state index contributed by atoms with van der Waals surface area (Å²) in [5.41, 5.74) is 0. The molecule has 17 heavy (non-hydrogen) atoms. The molecule has 0 aromatic heterocycles. The van der Waals surface area contributed by atoms with Crippen LogP contribution in [-0.4, -0.2) is 35.7 Å². The standard InChI is InChI=1S/C15H31NO/c1-4-13-9-7-8-10-14(13)15(17)11-12-16(5-2)6-3/h13-15,17H,4-12H2,1-3H3. The normalized spacial score (nSPS) is 27.4. The molecule has 0 bridgehead atoms. The first-order chi connectivity index (χ1) is 8.22. The second-order valence-electron chi connectivity index (χ2n) is 5.50. The molecule has 0 heterocycles. The van der Waals surface area contributed by atoms with Crippen LogP contribution in [-0.2, 0) is 0 Å². The van der Waals surface area contributed by atoms with Crippen molar-refractivity contribution in [2.75, 3.05) is 19.6 Å². The number of aliphatic hydroxyl groups is 1. The zero-order chi connectivity index (χ0) is 12.7. The molecule has 1 aliphatic rings. The first-order valence-electron chi connectivity index (χ1n) is 7.63. The van der Waals surface area contributed by atoms with E-state index in [-0.39, 0.29) is 6.10 Å². The van der Waals surface area contributed by atoms with Crippen molar-refractivity contribution in [3.63, 3.8) is 0 Å². The lowest BCUT2D eigenvalue weighted by atomic mass is 9.74. The van der Waals surface area contributed by atoms with Gasteiger partial charge < -0.3 is 10.0 Å². The fourth-order valence-corrected chi connectivity index (χ4v) is 3.32. The van der Waals surface area contributed by atoms with Crippen LogP contribution in [0.1, 0.15) is 59.3 Å². The first kappa shape index (κ1) is 15.0. The molecule has 102 valence electrons. The Bertz CT molecular complexity index is 191. The Hall–Kier alpha value is -0.0800. The van der Waals surface area contributed by atoms with Gasteiger partial charge in [-0.25, -0.2) is 0 Å². The van der Waals surface area contributed by atoms with Gasteiger partial charge in [-0.2, -0.15) is 0 Å². The molecule has 3 atom stereocenters. The van der Waals surface area contributed by atoms with E-state index in [1.165, 1.54) is 32.1 Å². The zero-order valence-corrected chi connectivity index (χ0v) is 12.0. The number of hydrogen-bond donors (Lipinski definition) is 1. The lowest BCUT2D eigenvalue weighted by molar-refractivity contribution is 0.0332. The third-order valence-corrected chi connectivity index (χ3v) is 4.62. The van der Waals surface area contributed by atoms with Gasteiger partial charge in [0.25, 0.3) is 0 Å². The topological polar surface area (TPSA) is 23.5 Å². The maximum atomic E-state index is 10.4. The van der Waals surface area contributed by atoms with Crippen LogP contribution in [0.2, 0.25) is 0 Å². The summed E-state index contributed by atoms with van der Waals surface area (Å²) >= 11 is 0. The van der Waals surface area contributed by atoms with Gasteiger partial charge in [0.15, 0.2) is 0 Å². The summed E-state index contributed by atoms with van der Waals surface area (Å²) < 4.78 is 0. The maximum absolute atomic E-state index is 10.4. The predicted octanol–water partition coefficient (Wildman–Crippen LogP) is 3.30. The molecule has 0 saturated heterocycles. The van der Waals surface area contributed by atoms with E-state index in [0.29, 0.717) is 5.92 Å². The van der Waals surface area contributed by atoms with E-state index in [9.17, 15) is 5.11 Å². The summed E-state index contributed by atoms with van der Waals surface area (Å²) in [4.78, 5) is 2.41. The Morgan fingerprint density at radius 3 is 2.35 bits per heavy atom. The number of hydrogen-bond acceptors (Lipinski definition) is 2. The minimum atomic E-state index is -0.0687. The fourth-order valence-electron chi connectivity index (χ4n) is 3.32. The van der Waals surface area contributed by atoms with Crippen molar-refractivity contribution in [2.45, 2.75) is 65.4 Å². The molecule has 0 aliphatic heterocycles. The van der Waals surface area contributed by atoms with E-state index in [4.69, 9.17) is 0 Å². The molecule has 3 unspecified atom stereocenters. The Balaban J connectivity index is 2.36. The highest BCUT2D eigenvalue weighted by atomic mass is 16.3. The number of rotatable bonds is 7. The quantitative estimate of drug-likeness (QED) is 0.739. The van der Waals surface area contributed by atoms with Crippen molar-refractivity contribution in [1.29, 1.82) is 0 Å². The Kier molecular flexibility index (Phi) is 7.14. The summed E-state index contributed by atoms with van der Waals surface area (Å²) in [5.74, 6) is 1.35. The second kappa shape index (κ2) is 8.10. The molecule has 0 amide bonds. The van der Waals surface area contributed by atoms with E-state index < -0.39 is 0 Å². The summed E-state index contributed by atoms with van der Waals surface area (Å²) in [6.07, 6.45) is 7.42. The molecule has 1 aliphatic carbocycles. The highest BCUT2D eigenvalue weighted by Gasteiger charge is 2.29. The minimum Gasteiger partial charge on any atom is -0.393 e. The van der Waals surface area contributed by atoms with Gasteiger partial charge >= 0.3 is 0 Å². The van der Waals surface area contributed by atoms with Crippen molar-refractivity contribution < 1.29 is 5.11 Å². The lowest BCUT2D eigenvalue weighted by Crippen LogP contribution is -2.34. The van der Waals surface area contributed by atoms with Gasteiger partial charge in [-0.05, 0) is 37.8 Å². The molecular formula is C15H31NO. The van der Waals surface area contributed by atoms with Crippen molar-refractivity contribution >= 4 is 0 Å². The van der Waals surface area contributed by atoms with E-state index in [2.05, 4.69) is 25.7 Å². The van der Waals surface area contributed by atoms with E-state index in [0.717, 1.165) is 32.0 Å². The van der Waals surface area contributed by atoms with Gasteiger partial charge in [0.2, 0.25) is 0 Å². The molecule has 0 spiro atoms. The van der Waals surface area contributed by atoms with Gasteiger partial charge in [-0.1, -0.05) is 46.5 Å². The van der Waals surface area contributed by atoms with Crippen LogP contribution < -0.4 is 0 Å². The Morgan fingerprint density at radius 2 is 1.76 bits per heavy atom. The van der Waals surface area contributed by atoms with Crippen LogP contribution in [0.15, 0.2) is 0 Å². The number of nitrogens with zero attached hydrogens (tertiary/aromatic N) is 1. The van der Waals surface area contributed by atoms with Crippen LogP contribution in [0.4, 0.5) is 0 Å². The highest BCUT2D eigenvalue weighted by Crippen LogP contribution is 2.35. The molecule has 1 saturated carbocycles.